The van der Waals surface area contributed by atoms with Crippen LogP contribution in [0.5, 0.6) is 0 Å². The Morgan fingerprint density at radius 3 is 2.55 bits per heavy atom. The van der Waals surface area contributed by atoms with Crippen LogP contribution in [0.2, 0.25) is 0 Å². The van der Waals surface area contributed by atoms with Gasteiger partial charge in [0.1, 0.15) is 17.5 Å². The number of anilines is 2. The molecule has 2 heterocycles. The van der Waals surface area contributed by atoms with E-state index in [0.717, 1.165) is 42.0 Å². The van der Waals surface area contributed by atoms with Gasteiger partial charge >= 0.3 is 0 Å². The van der Waals surface area contributed by atoms with Gasteiger partial charge in [-0.2, -0.15) is 0 Å². The monoisotopic (exact) mass is 291 g/mol. The van der Waals surface area contributed by atoms with Crippen LogP contribution in [-0.2, 0) is 6.42 Å². The zero-order valence-corrected chi connectivity index (χ0v) is 13.0. The average Bonchev–Trinajstić information content (AvgIpc) is 2.92. The van der Waals surface area contributed by atoms with E-state index < -0.39 is 0 Å². The summed E-state index contributed by atoms with van der Waals surface area (Å²) in [6, 6.07) is 1.96. The van der Waals surface area contributed by atoms with Crippen LogP contribution in [0.1, 0.15) is 37.5 Å². The van der Waals surface area contributed by atoms with E-state index in [2.05, 4.69) is 46.4 Å². The van der Waals surface area contributed by atoms with Crippen molar-refractivity contribution in [3.05, 3.63) is 28.5 Å². The van der Waals surface area contributed by atoms with Crippen molar-refractivity contribution in [3.63, 3.8) is 0 Å². The number of hydrogen-bond acceptors (Lipinski definition) is 6. The first-order chi connectivity index (χ1) is 9.69. The summed E-state index contributed by atoms with van der Waals surface area (Å²) in [5.41, 5.74) is 0. The summed E-state index contributed by atoms with van der Waals surface area (Å²) in [6.07, 6.45) is 2.75. The number of nitrogens with zero attached hydrogens (tertiary/aromatic N) is 3. The molecule has 0 aliphatic carbocycles. The van der Waals surface area contributed by atoms with Crippen molar-refractivity contribution in [2.75, 3.05) is 23.7 Å². The molecule has 20 heavy (non-hydrogen) atoms. The molecule has 0 spiro atoms. The molecule has 2 rings (SSSR count). The Labute approximate surface area is 123 Å². The summed E-state index contributed by atoms with van der Waals surface area (Å²) in [6.45, 7) is 7.95. The third-order valence-corrected chi connectivity index (χ3v) is 3.59. The lowest BCUT2D eigenvalue weighted by Crippen LogP contribution is -2.11. The van der Waals surface area contributed by atoms with E-state index in [1.807, 2.05) is 17.6 Å². The van der Waals surface area contributed by atoms with Crippen LogP contribution in [0, 0.1) is 0 Å². The Bertz CT molecular complexity index is 524. The van der Waals surface area contributed by atoms with Crippen molar-refractivity contribution in [3.8, 4) is 0 Å². The largest absolute Gasteiger partial charge is 0.370 e. The minimum absolute atomic E-state index is 0.313. The lowest BCUT2D eigenvalue weighted by molar-refractivity contribution is 0.774. The summed E-state index contributed by atoms with van der Waals surface area (Å²) in [5, 5.41) is 9.74. The Hall–Kier alpha value is -1.69. The van der Waals surface area contributed by atoms with Gasteiger partial charge in [0, 0.05) is 43.1 Å². The smallest absolute Gasteiger partial charge is 0.135 e. The highest BCUT2D eigenvalue weighted by Gasteiger charge is 2.07. The summed E-state index contributed by atoms with van der Waals surface area (Å²) < 4.78 is 0. The molecule has 2 aromatic heterocycles. The van der Waals surface area contributed by atoms with Gasteiger partial charge < -0.3 is 10.6 Å². The quantitative estimate of drug-likeness (QED) is 0.820. The summed E-state index contributed by atoms with van der Waals surface area (Å²) >= 11 is 1.68. The van der Waals surface area contributed by atoms with E-state index >= 15 is 0 Å². The second-order valence-corrected chi connectivity index (χ2v) is 5.76. The number of rotatable bonds is 7. The number of hydrogen-bond donors (Lipinski definition) is 2. The highest BCUT2D eigenvalue weighted by Crippen LogP contribution is 2.17. The number of thiazole rings is 1. The van der Waals surface area contributed by atoms with Gasteiger partial charge in [0.05, 0.1) is 5.01 Å². The Morgan fingerprint density at radius 1 is 1.20 bits per heavy atom. The second kappa shape index (κ2) is 7.19. The molecule has 0 bridgehead atoms. The molecule has 0 saturated carbocycles. The van der Waals surface area contributed by atoms with Gasteiger partial charge in [-0.3, -0.25) is 0 Å². The predicted octanol–water partition coefficient (Wildman–Crippen LogP) is 3.14. The molecule has 0 aliphatic heterocycles. The standard InChI is InChI=1S/C14H21N5S/c1-4-15-11-9-12(19-14(18-11)10(2)3)16-6-5-13-17-7-8-20-13/h7-10H,4-6H2,1-3H3,(H2,15,16,18,19). The zero-order chi connectivity index (χ0) is 14.4. The molecule has 6 heteroatoms. The molecular weight excluding hydrogens is 270 g/mol. The fourth-order valence-electron chi connectivity index (χ4n) is 1.76. The highest BCUT2D eigenvalue weighted by atomic mass is 32.1. The highest BCUT2D eigenvalue weighted by molar-refractivity contribution is 7.09. The summed E-state index contributed by atoms with van der Waals surface area (Å²) in [4.78, 5) is 13.3. The van der Waals surface area contributed by atoms with Gasteiger partial charge in [0.2, 0.25) is 0 Å². The van der Waals surface area contributed by atoms with Crippen LogP contribution in [0.15, 0.2) is 17.6 Å². The van der Waals surface area contributed by atoms with Crippen LogP contribution in [0.3, 0.4) is 0 Å². The molecule has 0 fully saturated rings. The molecule has 0 atom stereocenters. The lowest BCUT2D eigenvalue weighted by Gasteiger charge is -2.11. The maximum atomic E-state index is 4.55. The first-order valence-corrected chi connectivity index (χ1v) is 7.82. The molecule has 0 amide bonds. The molecule has 0 aliphatic rings. The van der Waals surface area contributed by atoms with Gasteiger partial charge in [-0.25, -0.2) is 15.0 Å². The lowest BCUT2D eigenvalue weighted by atomic mass is 10.2. The normalized spacial score (nSPS) is 10.8. The first-order valence-electron chi connectivity index (χ1n) is 6.94. The van der Waals surface area contributed by atoms with Gasteiger partial charge in [-0.1, -0.05) is 13.8 Å². The Morgan fingerprint density at radius 2 is 1.95 bits per heavy atom. The van der Waals surface area contributed by atoms with Gasteiger partial charge in [0.25, 0.3) is 0 Å². The zero-order valence-electron chi connectivity index (χ0n) is 12.2. The van der Waals surface area contributed by atoms with E-state index in [4.69, 9.17) is 0 Å². The first kappa shape index (κ1) is 14.7. The Kier molecular flexibility index (Phi) is 5.29. The van der Waals surface area contributed by atoms with Crippen molar-refractivity contribution >= 4 is 23.0 Å². The minimum atomic E-state index is 0.313. The van der Waals surface area contributed by atoms with E-state index in [-0.39, 0.29) is 0 Å². The third-order valence-electron chi connectivity index (χ3n) is 2.75. The molecule has 2 aromatic rings. The van der Waals surface area contributed by atoms with Gasteiger partial charge in [0.15, 0.2) is 0 Å². The van der Waals surface area contributed by atoms with Crippen molar-refractivity contribution < 1.29 is 0 Å². The minimum Gasteiger partial charge on any atom is -0.370 e. The number of aromatic nitrogens is 3. The summed E-state index contributed by atoms with van der Waals surface area (Å²) in [5.74, 6) is 2.92. The van der Waals surface area contributed by atoms with Crippen molar-refractivity contribution in [2.45, 2.75) is 33.1 Å². The van der Waals surface area contributed by atoms with E-state index in [1.54, 1.807) is 11.3 Å². The number of nitrogens with one attached hydrogen (secondary N) is 2. The van der Waals surface area contributed by atoms with Crippen LogP contribution in [0.4, 0.5) is 11.6 Å². The SMILES string of the molecule is CCNc1cc(NCCc2nccs2)nc(C(C)C)n1. The van der Waals surface area contributed by atoms with E-state index in [1.165, 1.54) is 0 Å². The van der Waals surface area contributed by atoms with Crippen molar-refractivity contribution in [2.24, 2.45) is 0 Å². The Balaban J connectivity index is 2.01. The molecule has 0 saturated heterocycles. The van der Waals surface area contributed by atoms with Gasteiger partial charge in [-0.05, 0) is 6.92 Å². The summed E-state index contributed by atoms with van der Waals surface area (Å²) in [7, 11) is 0. The average molecular weight is 291 g/mol. The van der Waals surface area contributed by atoms with Crippen LogP contribution < -0.4 is 10.6 Å². The van der Waals surface area contributed by atoms with Gasteiger partial charge in [-0.15, -0.1) is 11.3 Å². The van der Waals surface area contributed by atoms with E-state index in [0.29, 0.717) is 5.92 Å². The molecule has 5 nitrogen and oxygen atoms in total. The molecule has 2 N–H and O–H groups in total. The topological polar surface area (TPSA) is 62.7 Å². The van der Waals surface area contributed by atoms with E-state index in [9.17, 15) is 0 Å². The fourth-order valence-corrected chi connectivity index (χ4v) is 2.38. The molecule has 108 valence electrons. The van der Waals surface area contributed by atoms with Crippen LogP contribution in [-0.4, -0.2) is 28.0 Å². The van der Waals surface area contributed by atoms with Crippen LogP contribution in [0.25, 0.3) is 0 Å². The van der Waals surface area contributed by atoms with Crippen molar-refractivity contribution in [1.82, 2.24) is 15.0 Å². The maximum Gasteiger partial charge on any atom is 0.135 e. The van der Waals surface area contributed by atoms with Crippen LogP contribution >= 0.6 is 11.3 Å². The maximum absolute atomic E-state index is 4.55. The predicted molar refractivity (Wildman–Crippen MR) is 84.6 cm³/mol. The molecule has 0 radical (unpaired) electrons. The molecular formula is C14H21N5S. The third kappa shape index (κ3) is 4.16. The van der Waals surface area contributed by atoms with Crippen molar-refractivity contribution in [1.29, 1.82) is 0 Å². The molecule has 0 unspecified atom stereocenters. The second-order valence-electron chi connectivity index (χ2n) is 4.78. The fraction of sp³-hybridized carbons (Fsp3) is 0.500. The molecule has 0 aromatic carbocycles.